The molecular weight excluding hydrogens is 390 g/mol. The molecule has 0 aromatic heterocycles. The minimum Gasteiger partial charge on any atom is -0.379 e. The Morgan fingerprint density at radius 3 is 2.35 bits per heavy atom. The number of hydrogen-bond acceptors (Lipinski definition) is 5. The summed E-state index contributed by atoms with van der Waals surface area (Å²) in [5, 5.41) is 3.57. The Balaban J connectivity index is 1.24. The number of nitrogens with zero attached hydrogens (tertiary/aromatic N) is 4. The van der Waals surface area contributed by atoms with E-state index in [1.165, 1.54) is 17.5 Å². The smallest absolute Gasteiger partial charge is 0.193 e. The van der Waals surface area contributed by atoms with E-state index in [0.29, 0.717) is 18.2 Å². The van der Waals surface area contributed by atoms with Gasteiger partial charge in [-0.2, -0.15) is 0 Å². The molecule has 31 heavy (non-hydrogen) atoms. The highest BCUT2D eigenvalue weighted by Gasteiger charge is 2.30. The Hall–Kier alpha value is -1.67. The van der Waals surface area contributed by atoms with Crippen LogP contribution >= 0.6 is 0 Å². The van der Waals surface area contributed by atoms with Crippen molar-refractivity contribution in [2.75, 3.05) is 59.5 Å². The predicted octanol–water partition coefficient (Wildman–Crippen LogP) is 1.78. The van der Waals surface area contributed by atoms with Gasteiger partial charge in [0.05, 0.1) is 25.4 Å². The maximum absolute atomic E-state index is 5.85. The standard InChI is InChI=1S/C24H39N5O2/c1-19-15-27(16-20(2)31-19)17-22-6-4-21(5-7-22)14-26-24(25-3)29-9-8-23(18-29)28-10-12-30-13-11-28/h4-7,19-20,23H,8-18H2,1-3H3,(H,25,26). The Bertz CT molecular complexity index is 709. The summed E-state index contributed by atoms with van der Waals surface area (Å²) in [5.74, 6) is 1.01. The predicted molar refractivity (Wildman–Crippen MR) is 124 cm³/mol. The van der Waals surface area contributed by atoms with Crippen molar-refractivity contribution in [3.05, 3.63) is 35.4 Å². The zero-order valence-corrected chi connectivity index (χ0v) is 19.4. The molecule has 3 saturated heterocycles. The van der Waals surface area contributed by atoms with Crippen molar-refractivity contribution < 1.29 is 9.47 Å². The molecule has 172 valence electrons. The summed E-state index contributed by atoms with van der Waals surface area (Å²) in [6.45, 7) is 14.1. The molecule has 3 atom stereocenters. The molecule has 1 aromatic carbocycles. The lowest BCUT2D eigenvalue weighted by molar-refractivity contribution is -0.0704. The van der Waals surface area contributed by atoms with Crippen LogP contribution in [0.3, 0.4) is 0 Å². The van der Waals surface area contributed by atoms with Gasteiger partial charge in [-0.05, 0) is 31.4 Å². The second-order valence-electron chi connectivity index (χ2n) is 9.21. The normalized spacial score (nSPS) is 28.8. The van der Waals surface area contributed by atoms with Crippen molar-refractivity contribution >= 4 is 5.96 Å². The van der Waals surface area contributed by atoms with Gasteiger partial charge in [0.2, 0.25) is 0 Å². The highest BCUT2D eigenvalue weighted by Crippen LogP contribution is 2.18. The Labute approximate surface area is 187 Å². The molecule has 0 bridgehead atoms. The number of nitrogens with one attached hydrogen (secondary N) is 1. The topological polar surface area (TPSA) is 52.6 Å². The molecule has 0 aliphatic carbocycles. The minimum atomic E-state index is 0.312. The van der Waals surface area contributed by atoms with Gasteiger partial charge >= 0.3 is 0 Å². The highest BCUT2D eigenvalue weighted by molar-refractivity contribution is 5.80. The van der Waals surface area contributed by atoms with Crippen molar-refractivity contribution in [3.8, 4) is 0 Å². The Morgan fingerprint density at radius 2 is 1.68 bits per heavy atom. The second-order valence-corrected chi connectivity index (χ2v) is 9.21. The van der Waals surface area contributed by atoms with Gasteiger partial charge < -0.3 is 19.7 Å². The largest absolute Gasteiger partial charge is 0.379 e. The summed E-state index contributed by atoms with van der Waals surface area (Å²) in [6, 6.07) is 9.61. The number of morpholine rings is 2. The van der Waals surface area contributed by atoms with Crippen LogP contribution in [0.15, 0.2) is 29.3 Å². The van der Waals surface area contributed by atoms with E-state index in [0.717, 1.165) is 71.5 Å². The van der Waals surface area contributed by atoms with E-state index in [-0.39, 0.29) is 0 Å². The van der Waals surface area contributed by atoms with Gasteiger partial charge in [0.25, 0.3) is 0 Å². The first kappa shape index (κ1) is 22.5. The third kappa shape index (κ3) is 6.19. The fourth-order valence-corrected chi connectivity index (χ4v) is 5.12. The van der Waals surface area contributed by atoms with Gasteiger partial charge in [-0.3, -0.25) is 14.8 Å². The fraction of sp³-hybridized carbons (Fsp3) is 0.708. The second kappa shape index (κ2) is 10.8. The number of aliphatic imine (C=N–C) groups is 1. The van der Waals surface area contributed by atoms with Gasteiger partial charge in [-0.15, -0.1) is 0 Å². The molecule has 3 aliphatic heterocycles. The van der Waals surface area contributed by atoms with Crippen LogP contribution in [-0.2, 0) is 22.6 Å². The number of rotatable bonds is 5. The summed E-state index contributed by atoms with van der Waals surface area (Å²) < 4.78 is 11.4. The number of likely N-dealkylation sites (tertiary alicyclic amines) is 1. The Morgan fingerprint density at radius 1 is 1.00 bits per heavy atom. The number of ether oxygens (including phenoxy) is 2. The van der Waals surface area contributed by atoms with Crippen LogP contribution in [0.4, 0.5) is 0 Å². The first-order valence-electron chi connectivity index (χ1n) is 11.8. The lowest BCUT2D eigenvalue weighted by Crippen LogP contribution is -2.46. The van der Waals surface area contributed by atoms with Crippen LogP contribution < -0.4 is 5.32 Å². The van der Waals surface area contributed by atoms with E-state index < -0.39 is 0 Å². The molecule has 0 amide bonds. The zero-order valence-electron chi connectivity index (χ0n) is 19.4. The van der Waals surface area contributed by atoms with Gasteiger partial charge in [0.15, 0.2) is 5.96 Å². The molecule has 0 saturated carbocycles. The minimum absolute atomic E-state index is 0.312. The summed E-state index contributed by atoms with van der Waals surface area (Å²) in [6.07, 6.45) is 1.83. The quantitative estimate of drug-likeness (QED) is 0.569. The van der Waals surface area contributed by atoms with Crippen LogP contribution in [0, 0.1) is 0 Å². The SMILES string of the molecule is CN=C(NCc1ccc(CN2CC(C)OC(C)C2)cc1)N1CCC(N2CCOCC2)C1. The van der Waals surface area contributed by atoms with Crippen molar-refractivity contribution in [3.63, 3.8) is 0 Å². The van der Waals surface area contributed by atoms with Gasteiger partial charge in [-0.1, -0.05) is 24.3 Å². The van der Waals surface area contributed by atoms with Crippen molar-refractivity contribution in [2.45, 2.75) is 51.6 Å². The molecule has 4 rings (SSSR count). The third-order valence-electron chi connectivity index (χ3n) is 6.61. The lowest BCUT2D eigenvalue weighted by Gasteiger charge is -2.35. The summed E-state index contributed by atoms with van der Waals surface area (Å²) in [4.78, 5) is 12.0. The van der Waals surface area contributed by atoms with Crippen molar-refractivity contribution in [1.82, 2.24) is 20.0 Å². The van der Waals surface area contributed by atoms with Gasteiger partial charge in [0.1, 0.15) is 0 Å². The molecule has 1 aromatic rings. The zero-order chi connectivity index (χ0) is 21.6. The van der Waals surface area contributed by atoms with E-state index in [9.17, 15) is 0 Å². The molecule has 3 aliphatic rings. The first-order valence-corrected chi connectivity index (χ1v) is 11.8. The van der Waals surface area contributed by atoms with Gasteiger partial charge in [-0.25, -0.2) is 0 Å². The summed E-state index contributed by atoms with van der Waals surface area (Å²) >= 11 is 0. The highest BCUT2D eigenvalue weighted by atomic mass is 16.5. The monoisotopic (exact) mass is 429 g/mol. The summed E-state index contributed by atoms with van der Waals surface area (Å²) in [7, 11) is 1.89. The maximum Gasteiger partial charge on any atom is 0.193 e. The van der Waals surface area contributed by atoms with Crippen LogP contribution in [-0.4, -0.2) is 98.4 Å². The lowest BCUT2D eigenvalue weighted by atomic mass is 10.1. The molecule has 1 N–H and O–H groups in total. The Kier molecular flexibility index (Phi) is 7.82. The molecule has 3 unspecified atom stereocenters. The van der Waals surface area contributed by atoms with E-state index >= 15 is 0 Å². The molecule has 0 spiro atoms. The first-order chi connectivity index (χ1) is 15.1. The van der Waals surface area contributed by atoms with Crippen molar-refractivity contribution in [1.29, 1.82) is 0 Å². The third-order valence-corrected chi connectivity index (χ3v) is 6.61. The maximum atomic E-state index is 5.85. The van der Waals surface area contributed by atoms with E-state index in [4.69, 9.17) is 9.47 Å². The van der Waals surface area contributed by atoms with Crippen LogP contribution in [0.2, 0.25) is 0 Å². The molecule has 7 nitrogen and oxygen atoms in total. The van der Waals surface area contributed by atoms with Crippen LogP contribution in [0.1, 0.15) is 31.4 Å². The average Bonchev–Trinajstić information content (AvgIpc) is 3.25. The van der Waals surface area contributed by atoms with Crippen LogP contribution in [0.5, 0.6) is 0 Å². The van der Waals surface area contributed by atoms with Crippen molar-refractivity contribution in [2.24, 2.45) is 4.99 Å². The summed E-state index contributed by atoms with van der Waals surface area (Å²) in [5.41, 5.74) is 2.65. The van der Waals surface area contributed by atoms with E-state index in [1.54, 1.807) is 0 Å². The number of guanidine groups is 1. The van der Waals surface area contributed by atoms with Gasteiger partial charge in [0, 0.05) is 65.4 Å². The van der Waals surface area contributed by atoms with Crippen LogP contribution in [0.25, 0.3) is 0 Å². The fourth-order valence-electron chi connectivity index (χ4n) is 5.12. The molecule has 0 radical (unpaired) electrons. The number of benzene rings is 1. The molecule has 7 heteroatoms. The van der Waals surface area contributed by atoms with E-state index in [2.05, 4.69) is 63.1 Å². The van der Waals surface area contributed by atoms with E-state index in [1.807, 2.05) is 7.05 Å². The number of hydrogen-bond donors (Lipinski definition) is 1. The molecule has 3 fully saturated rings. The molecular formula is C24H39N5O2. The average molecular weight is 430 g/mol. The molecule has 3 heterocycles.